The summed E-state index contributed by atoms with van der Waals surface area (Å²) in [6.07, 6.45) is 2.47. The van der Waals surface area contributed by atoms with Gasteiger partial charge in [-0.1, -0.05) is 0 Å². The molecule has 0 spiro atoms. The summed E-state index contributed by atoms with van der Waals surface area (Å²) in [5.74, 6) is -0.274. The minimum absolute atomic E-state index is 0.0459. The van der Waals surface area contributed by atoms with E-state index in [1.54, 1.807) is 12.3 Å². The number of hydrogen-bond donors (Lipinski definition) is 0. The molecule has 96 valence electrons. The van der Waals surface area contributed by atoms with Crippen LogP contribution in [-0.2, 0) is 9.53 Å². The first-order valence-corrected chi connectivity index (χ1v) is 5.91. The van der Waals surface area contributed by atoms with Crippen molar-refractivity contribution in [1.29, 1.82) is 0 Å². The molecule has 1 aromatic heterocycles. The average Bonchev–Trinajstić information content (AvgIpc) is 2.87. The van der Waals surface area contributed by atoms with Crippen molar-refractivity contribution in [1.82, 2.24) is 4.98 Å². The van der Waals surface area contributed by atoms with E-state index in [1.165, 1.54) is 14.0 Å². The molecule has 1 atom stereocenters. The minimum Gasteiger partial charge on any atom is -0.469 e. The summed E-state index contributed by atoms with van der Waals surface area (Å²) in [6, 6.07) is 3.58. The Morgan fingerprint density at radius 1 is 1.44 bits per heavy atom. The van der Waals surface area contributed by atoms with Gasteiger partial charge >= 0.3 is 5.97 Å². The maximum absolute atomic E-state index is 11.4. The number of carbonyl (C=O) groups is 2. The zero-order chi connectivity index (χ0) is 13.1. The number of esters is 1. The fourth-order valence-corrected chi connectivity index (χ4v) is 2.14. The highest BCUT2D eigenvalue weighted by Crippen LogP contribution is 2.24. The van der Waals surface area contributed by atoms with Crippen molar-refractivity contribution >= 4 is 17.4 Å². The molecule has 1 saturated heterocycles. The Bertz CT molecular complexity index is 456. The molecule has 0 amide bonds. The molecule has 2 heterocycles. The zero-order valence-corrected chi connectivity index (χ0v) is 10.5. The van der Waals surface area contributed by atoms with Gasteiger partial charge in [-0.25, -0.2) is 0 Å². The van der Waals surface area contributed by atoms with Gasteiger partial charge in [0.2, 0.25) is 0 Å². The van der Waals surface area contributed by atoms with Gasteiger partial charge in [0.15, 0.2) is 5.78 Å². The van der Waals surface area contributed by atoms with Crippen molar-refractivity contribution in [3.8, 4) is 0 Å². The number of carbonyl (C=O) groups excluding carboxylic acids is 2. The minimum atomic E-state index is -0.161. The van der Waals surface area contributed by atoms with Crippen molar-refractivity contribution in [3.05, 3.63) is 24.0 Å². The molecule has 1 unspecified atom stereocenters. The summed E-state index contributed by atoms with van der Waals surface area (Å²) in [4.78, 5) is 28.7. The van der Waals surface area contributed by atoms with Gasteiger partial charge in [0.25, 0.3) is 0 Å². The van der Waals surface area contributed by atoms with Gasteiger partial charge < -0.3 is 9.64 Å². The topological polar surface area (TPSA) is 59.5 Å². The van der Waals surface area contributed by atoms with E-state index in [0.29, 0.717) is 12.2 Å². The highest BCUT2D eigenvalue weighted by atomic mass is 16.5. The summed E-state index contributed by atoms with van der Waals surface area (Å²) >= 11 is 0. The lowest BCUT2D eigenvalue weighted by Gasteiger charge is -2.17. The molecule has 0 N–H and O–H groups in total. The monoisotopic (exact) mass is 248 g/mol. The maximum Gasteiger partial charge on any atom is 0.310 e. The Labute approximate surface area is 106 Å². The third-order valence-corrected chi connectivity index (χ3v) is 3.20. The first kappa shape index (κ1) is 12.5. The Kier molecular flexibility index (Phi) is 3.60. The molecule has 1 aliphatic rings. The third-order valence-electron chi connectivity index (χ3n) is 3.20. The van der Waals surface area contributed by atoms with Crippen LogP contribution >= 0.6 is 0 Å². The molecule has 2 rings (SSSR count). The molecular weight excluding hydrogens is 232 g/mol. The smallest absolute Gasteiger partial charge is 0.310 e. The van der Waals surface area contributed by atoms with Crippen LogP contribution in [0.15, 0.2) is 18.3 Å². The molecule has 1 aliphatic heterocycles. The van der Waals surface area contributed by atoms with Gasteiger partial charge in [-0.15, -0.1) is 0 Å². The molecule has 0 aliphatic carbocycles. The van der Waals surface area contributed by atoms with E-state index in [1.807, 2.05) is 6.07 Å². The molecule has 5 nitrogen and oxygen atoms in total. The Balaban J connectivity index is 2.05. The number of aromatic nitrogens is 1. The number of Topliss-reactive ketones (excluding diaryl/α,β-unsaturated/α-hetero) is 1. The van der Waals surface area contributed by atoms with Crippen molar-refractivity contribution in [2.24, 2.45) is 5.92 Å². The molecule has 18 heavy (non-hydrogen) atoms. The van der Waals surface area contributed by atoms with Crippen molar-refractivity contribution in [2.75, 3.05) is 25.1 Å². The molecule has 0 bridgehead atoms. The van der Waals surface area contributed by atoms with Crippen molar-refractivity contribution in [2.45, 2.75) is 13.3 Å². The first-order valence-electron chi connectivity index (χ1n) is 5.91. The van der Waals surface area contributed by atoms with E-state index in [4.69, 9.17) is 4.74 Å². The fraction of sp³-hybridized carbons (Fsp3) is 0.462. The summed E-state index contributed by atoms with van der Waals surface area (Å²) in [7, 11) is 1.41. The first-order chi connectivity index (χ1) is 8.61. The predicted octanol–water partition coefficient (Wildman–Crippen LogP) is 1.28. The zero-order valence-electron chi connectivity index (χ0n) is 10.5. The van der Waals surface area contributed by atoms with Gasteiger partial charge in [0.1, 0.15) is 5.69 Å². The Hall–Kier alpha value is -1.91. The molecular formula is C13H16N2O3. The second-order valence-electron chi connectivity index (χ2n) is 4.41. The molecule has 1 fully saturated rings. The summed E-state index contributed by atoms with van der Waals surface area (Å²) in [5, 5.41) is 0. The van der Waals surface area contributed by atoms with Crippen LogP contribution < -0.4 is 4.90 Å². The van der Waals surface area contributed by atoms with Crippen LogP contribution in [0.1, 0.15) is 23.8 Å². The number of pyridine rings is 1. The van der Waals surface area contributed by atoms with E-state index >= 15 is 0 Å². The van der Waals surface area contributed by atoms with Gasteiger partial charge in [0.05, 0.1) is 24.9 Å². The standard InChI is InChI=1S/C13H16N2O3/c1-9(16)12-4-3-11(7-14-12)15-6-5-10(8-15)13(17)18-2/h3-4,7,10H,5-6,8H2,1-2H3. The van der Waals surface area contributed by atoms with Crippen molar-refractivity contribution < 1.29 is 14.3 Å². The van der Waals surface area contributed by atoms with Crippen LogP contribution in [0, 0.1) is 5.92 Å². The van der Waals surface area contributed by atoms with E-state index in [9.17, 15) is 9.59 Å². The molecule has 1 aromatic rings. The second-order valence-corrected chi connectivity index (χ2v) is 4.41. The lowest BCUT2D eigenvalue weighted by Crippen LogP contribution is -2.23. The van der Waals surface area contributed by atoms with Crippen LogP contribution in [0.25, 0.3) is 0 Å². The van der Waals surface area contributed by atoms with Crippen molar-refractivity contribution in [3.63, 3.8) is 0 Å². The van der Waals surface area contributed by atoms with Crippen LogP contribution in [0.3, 0.4) is 0 Å². The molecule has 0 radical (unpaired) electrons. The largest absolute Gasteiger partial charge is 0.469 e. The van der Waals surface area contributed by atoms with E-state index < -0.39 is 0 Å². The van der Waals surface area contributed by atoms with Crippen LogP contribution in [0.4, 0.5) is 5.69 Å². The quantitative estimate of drug-likeness (QED) is 0.595. The second kappa shape index (κ2) is 5.16. The number of methoxy groups -OCH3 is 1. The van der Waals surface area contributed by atoms with E-state index in [0.717, 1.165) is 18.7 Å². The summed E-state index contributed by atoms with van der Waals surface area (Å²) < 4.78 is 4.74. The molecule has 0 aromatic carbocycles. The lowest BCUT2D eigenvalue weighted by atomic mass is 10.1. The van der Waals surface area contributed by atoms with Gasteiger partial charge in [-0.05, 0) is 18.6 Å². The summed E-state index contributed by atoms with van der Waals surface area (Å²) in [6.45, 7) is 2.94. The van der Waals surface area contributed by atoms with E-state index in [-0.39, 0.29) is 17.7 Å². The van der Waals surface area contributed by atoms with Crippen LogP contribution in [-0.4, -0.2) is 36.9 Å². The SMILES string of the molecule is COC(=O)C1CCN(c2ccc(C(C)=O)nc2)C1. The maximum atomic E-state index is 11.4. The molecule has 5 heteroatoms. The number of anilines is 1. The Morgan fingerprint density at radius 2 is 2.22 bits per heavy atom. The highest BCUT2D eigenvalue weighted by Gasteiger charge is 2.29. The summed E-state index contributed by atoms with van der Waals surface area (Å²) in [5.41, 5.74) is 1.40. The number of rotatable bonds is 3. The lowest BCUT2D eigenvalue weighted by molar-refractivity contribution is -0.144. The number of nitrogens with zero attached hydrogens (tertiary/aromatic N) is 2. The number of hydrogen-bond acceptors (Lipinski definition) is 5. The predicted molar refractivity (Wildman–Crippen MR) is 66.6 cm³/mol. The fourth-order valence-electron chi connectivity index (χ4n) is 2.14. The van der Waals surface area contributed by atoms with Crippen LogP contribution in [0.2, 0.25) is 0 Å². The van der Waals surface area contributed by atoms with Gasteiger partial charge in [0, 0.05) is 20.0 Å². The van der Waals surface area contributed by atoms with Gasteiger partial charge in [-0.3, -0.25) is 14.6 Å². The number of ether oxygens (including phenoxy) is 1. The third kappa shape index (κ3) is 2.50. The van der Waals surface area contributed by atoms with E-state index in [2.05, 4.69) is 9.88 Å². The highest BCUT2D eigenvalue weighted by molar-refractivity contribution is 5.92. The average molecular weight is 248 g/mol. The van der Waals surface area contributed by atoms with Gasteiger partial charge in [-0.2, -0.15) is 0 Å². The number of ketones is 1. The normalized spacial score (nSPS) is 18.8. The molecule has 0 saturated carbocycles. The van der Waals surface area contributed by atoms with Crippen LogP contribution in [0.5, 0.6) is 0 Å². The Morgan fingerprint density at radius 3 is 2.78 bits per heavy atom.